The van der Waals surface area contributed by atoms with Crippen LogP contribution in [0.2, 0.25) is 0 Å². The Balaban J connectivity index is 2.46. The second kappa shape index (κ2) is 17.7. The maximum Gasteiger partial charge on any atom is 0.0512 e. The van der Waals surface area contributed by atoms with Crippen molar-refractivity contribution in [2.45, 2.75) is 128 Å². The first-order valence-corrected chi connectivity index (χ1v) is 12.6. The zero-order valence-electron chi connectivity index (χ0n) is 18.7. The van der Waals surface area contributed by atoms with E-state index in [4.69, 9.17) is 0 Å². The molecule has 0 aromatic carbocycles. The molecule has 0 aliphatic heterocycles. The van der Waals surface area contributed by atoms with E-state index in [1.165, 1.54) is 103 Å². The van der Waals surface area contributed by atoms with E-state index in [9.17, 15) is 15.3 Å². The van der Waals surface area contributed by atoms with Gasteiger partial charge in [0.15, 0.2) is 0 Å². The lowest BCUT2D eigenvalue weighted by atomic mass is 9.71. The first-order valence-electron chi connectivity index (χ1n) is 12.6. The Morgan fingerprint density at radius 3 is 1.11 bits per heavy atom. The van der Waals surface area contributed by atoms with Gasteiger partial charge in [-0.25, -0.2) is 0 Å². The zero-order chi connectivity index (χ0) is 20.3. The molecule has 168 valence electrons. The topological polar surface area (TPSA) is 60.7 Å². The molecule has 3 heteroatoms. The molecule has 0 heterocycles. The van der Waals surface area contributed by atoms with Crippen LogP contribution in [0.15, 0.2) is 0 Å². The van der Waals surface area contributed by atoms with Gasteiger partial charge >= 0.3 is 0 Å². The van der Waals surface area contributed by atoms with Gasteiger partial charge in [0.1, 0.15) is 0 Å². The normalized spacial score (nSPS) is 26.0. The number of aliphatic hydroxyl groups is 3. The molecule has 1 saturated carbocycles. The van der Waals surface area contributed by atoms with Crippen LogP contribution in [-0.2, 0) is 0 Å². The summed E-state index contributed by atoms with van der Waals surface area (Å²) in [5, 5.41) is 30.0. The summed E-state index contributed by atoms with van der Waals surface area (Å²) in [6, 6.07) is 0. The molecule has 1 rings (SSSR count). The van der Waals surface area contributed by atoms with Crippen molar-refractivity contribution in [3.63, 3.8) is 0 Å². The maximum absolute atomic E-state index is 10.0. The van der Waals surface area contributed by atoms with Crippen molar-refractivity contribution in [1.82, 2.24) is 0 Å². The average Bonchev–Trinajstić information content (AvgIpc) is 2.72. The highest BCUT2D eigenvalue weighted by Crippen LogP contribution is 2.36. The number of hydrogen-bond donors (Lipinski definition) is 3. The maximum atomic E-state index is 10.0. The average molecular weight is 399 g/mol. The molecular formula is C25H50O3. The minimum atomic E-state index is -0.494. The van der Waals surface area contributed by atoms with Gasteiger partial charge in [0, 0.05) is 12.0 Å². The van der Waals surface area contributed by atoms with Crippen LogP contribution >= 0.6 is 0 Å². The van der Waals surface area contributed by atoms with Gasteiger partial charge in [-0.2, -0.15) is 0 Å². The second-order valence-corrected chi connectivity index (χ2v) is 9.46. The molecule has 28 heavy (non-hydrogen) atoms. The predicted molar refractivity (Wildman–Crippen MR) is 120 cm³/mol. The van der Waals surface area contributed by atoms with Crippen molar-refractivity contribution in [1.29, 1.82) is 0 Å². The highest BCUT2D eigenvalue weighted by molar-refractivity contribution is 4.85. The van der Waals surface area contributed by atoms with Crippen molar-refractivity contribution in [3.05, 3.63) is 0 Å². The Morgan fingerprint density at radius 2 is 0.786 bits per heavy atom. The molecule has 0 spiro atoms. The lowest BCUT2D eigenvalue weighted by molar-refractivity contribution is -0.0303. The minimum absolute atomic E-state index is 0.00523. The summed E-state index contributed by atoms with van der Waals surface area (Å²) in [6.07, 6.45) is 25.5. The molecule has 1 atom stereocenters. The quantitative estimate of drug-likeness (QED) is 0.517. The van der Waals surface area contributed by atoms with E-state index < -0.39 is 5.41 Å². The molecule has 1 aliphatic rings. The fourth-order valence-corrected chi connectivity index (χ4v) is 4.96. The van der Waals surface area contributed by atoms with Gasteiger partial charge in [0.25, 0.3) is 0 Å². The van der Waals surface area contributed by atoms with E-state index in [-0.39, 0.29) is 25.7 Å². The van der Waals surface area contributed by atoms with E-state index in [1.807, 2.05) is 0 Å². The van der Waals surface area contributed by atoms with E-state index in [1.54, 1.807) is 0 Å². The Kier molecular flexibility index (Phi) is 16.4. The molecule has 3 nitrogen and oxygen atoms in total. The summed E-state index contributed by atoms with van der Waals surface area (Å²) in [4.78, 5) is 0. The highest BCUT2D eigenvalue weighted by Gasteiger charge is 2.36. The molecule has 1 unspecified atom stereocenters. The van der Waals surface area contributed by atoms with Crippen molar-refractivity contribution in [2.75, 3.05) is 19.8 Å². The largest absolute Gasteiger partial charge is 0.396 e. The third kappa shape index (κ3) is 11.2. The number of rotatable bonds is 3. The van der Waals surface area contributed by atoms with Crippen LogP contribution < -0.4 is 0 Å². The molecule has 0 aromatic rings. The summed E-state index contributed by atoms with van der Waals surface area (Å²) in [5.41, 5.74) is -0.494. The van der Waals surface area contributed by atoms with E-state index in [2.05, 4.69) is 0 Å². The molecule has 0 radical (unpaired) electrons. The molecule has 0 saturated heterocycles. The van der Waals surface area contributed by atoms with Crippen LogP contribution in [0.5, 0.6) is 0 Å². The van der Waals surface area contributed by atoms with Crippen LogP contribution in [0.1, 0.15) is 128 Å². The summed E-state index contributed by atoms with van der Waals surface area (Å²) < 4.78 is 0. The second-order valence-electron chi connectivity index (χ2n) is 9.46. The van der Waals surface area contributed by atoms with Crippen molar-refractivity contribution in [2.24, 2.45) is 11.3 Å². The summed E-state index contributed by atoms with van der Waals surface area (Å²) in [6.45, 7) is 0.0740. The van der Waals surface area contributed by atoms with Crippen LogP contribution in [0.3, 0.4) is 0 Å². The van der Waals surface area contributed by atoms with E-state index in [0.717, 1.165) is 25.7 Å². The monoisotopic (exact) mass is 398 g/mol. The molecule has 0 amide bonds. The predicted octanol–water partition coefficient (Wildman–Crippen LogP) is 6.38. The van der Waals surface area contributed by atoms with E-state index >= 15 is 0 Å². The minimum Gasteiger partial charge on any atom is -0.396 e. The SMILES string of the molecule is OCC1CCCCCCCCCCCCCCCCCCCCC1(CO)CO. The Hall–Kier alpha value is -0.120. The molecule has 0 aromatic heterocycles. The summed E-state index contributed by atoms with van der Waals surface area (Å²) in [5.74, 6) is 0.0281. The van der Waals surface area contributed by atoms with E-state index in [0.29, 0.717) is 0 Å². The molecule has 1 aliphatic carbocycles. The Labute approximate surface area is 175 Å². The van der Waals surface area contributed by atoms with Gasteiger partial charge in [-0.3, -0.25) is 0 Å². The zero-order valence-corrected chi connectivity index (χ0v) is 18.7. The molecule has 1 fully saturated rings. The van der Waals surface area contributed by atoms with Crippen LogP contribution in [0.4, 0.5) is 0 Å². The van der Waals surface area contributed by atoms with Gasteiger partial charge in [0.05, 0.1) is 13.2 Å². The van der Waals surface area contributed by atoms with Gasteiger partial charge < -0.3 is 15.3 Å². The van der Waals surface area contributed by atoms with Gasteiger partial charge in [-0.1, -0.05) is 116 Å². The Morgan fingerprint density at radius 1 is 0.464 bits per heavy atom. The van der Waals surface area contributed by atoms with Gasteiger partial charge in [0.2, 0.25) is 0 Å². The first-order chi connectivity index (χ1) is 13.8. The van der Waals surface area contributed by atoms with Crippen LogP contribution in [-0.4, -0.2) is 35.1 Å². The summed E-state index contributed by atoms with van der Waals surface area (Å²) in [7, 11) is 0. The van der Waals surface area contributed by atoms with Crippen LogP contribution in [0.25, 0.3) is 0 Å². The highest BCUT2D eigenvalue weighted by atomic mass is 16.3. The van der Waals surface area contributed by atoms with Gasteiger partial charge in [-0.15, -0.1) is 0 Å². The third-order valence-corrected chi connectivity index (χ3v) is 7.19. The van der Waals surface area contributed by atoms with Crippen molar-refractivity contribution >= 4 is 0 Å². The molecule has 0 bridgehead atoms. The summed E-state index contributed by atoms with van der Waals surface area (Å²) >= 11 is 0. The van der Waals surface area contributed by atoms with Crippen molar-refractivity contribution in [3.8, 4) is 0 Å². The molecule has 3 N–H and O–H groups in total. The van der Waals surface area contributed by atoms with Gasteiger partial charge in [-0.05, 0) is 18.8 Å². The van der Waals surface area contributed by atoms with Crippen LogP contribution in [0, 0.1) is 11.3 Å². The first kappa shape index (κ1) is 25.9. The fraction of sp³-hybridized carbons (Fsp3) is 1.00. The molecular weight excluding hydrogens is 348 g/mol. The Bertz CT molecular complexity index is 328. The smallest absolute Gasteiger partial charge is 0.0512 e. The third-order valence-electron chi connectivity index (χ3n) is 7.19. The number of aliphatic hydroxyl groups excluding tert-OH is 3. The standard InChI is InChI=1S/C25H50O3/c26-21-24-19-17-15-13-11-9-7-5-3-1-2-4-6-8-10-12-14-16-18-20-25(24,22-27)23-28/h24,26-28H,1-23H2. The lowest BCUT2D eigenvalue weighted by Crippen LogP contribution is -2.40. The fourth-order valence-electron chi connectivity index (χ4n) is 4.96. The van der Waals surface area contributed by atoms with Crippen molar-refractivity contribution < 1.29 is 15.3 Å². The number of hydrogen-bond acceptors (Lipinski definition) is 3. The lowest BCUT2D eigenvalue weighted by Gasteiger charge is -2.37.